The standard InChI is InChI=1S/C74H54N2/c75-37-44-30-65-71(68-43-29-46-31-45-28-42(66(44)68)35-74(45,46)36-43)72-69-57-20-10-9-16-53(57)52-15-5-8-19-56(52)60-32-58-54-17-6-3-13-50(54)48-11-1-2-12-49(48)51-14-4-7-18-55(51)59(58)33-61(60)62(69)34-63-70-64(76(65)73(63)72)22-21-47-40-24-38-23-39(25-40)27-41(26-38)67(47)70/h1-22,30,32-34,38-43,45-46H,23-29,31,35-36H2. The molecule has 0 N–H and O–H groups in total. The van der Waals surface area contributed by atoms with Crippen LogP contribution in [0.2, 0.25) is 0 Å². The van der Waals surface area contributed by atoms with E-state index in [-0.39, 0.29) is 0 Å². The van der Waals surface area contributed by atoms with E-state index in [1.807, 2.05) is 0 Å². The van der Waals surface area contributed by atoms with Crippen molar-refractivity contribution in [3.05, 3.63) is 186 Å². The van der Waals surface area contributed by atoms with Crippen LogP contribution in [0.25, 0.3) is 124 Å². The van der Waals surface area contributed by atoms with Gasteiger partial charge in [-0.05, 0) is 250 Å². The van der Waals surface area contributed by atoms with E-state index in [0.29, 0.717) is 29.1 Å². The fourth-order valence-corrected chi connectivity index (χ4v) is 20.4. The van der Waals surface area contributed by atoms with Crippen molar-refractivity contribution in [1.82, 2.24) is 4.40 Å². The van der Waals surface area contributed by atoms with Gasteiger partial charge in [-0.2, -0.15) is 5.26 Å². The monoisotopic (exact) mass is 970 g/mol. The second-order valence-electron chi connectivity index (χ2n) is 25.7. The minimum absolute atomic E-state index is 0.460. The molecule has 5 fully saturated rings. The minimum atomic E-state index is 0.460. The number of aromatic nitrogens is 1. The first-order valence-electron chi connectivity index (χ1n) is 29.0. The normalized spacial score (nSPS) is 26.7. The Labute approximate surface area is 440 Å². The lowest BCUT2D eigenvalue weighted by atomic mass is 9.56. The van der Waals surface area contributed by atoms with Gasteiger partial charge in [0.2, 0.25) is 0 Å². The van der Waals surface area contributed by atoms with Crippen LogP contribution in [0.3, 0.4) is 0 Å². The number of benzene rings is 9. The van der Waals surface area contributed by atoms with Gasteiger partial charge in [0.25, 0.3) is 0 Å². The van der Waals surface area contributed by atoms with E-state index in [1.54, 1.807) is 16.7 Å². The van der Waals surface area contributed by atoms with Gasteiger partial charge in [-0.15, -0.1) is 0 Å². The highest BCUT2D eigenvalue weighted by molar-refractivity contribution is 6.41. The van der Waals surface area contributed by atoms with Gasteiger partial charge in [-0.25, -0.2) is 0 Å². The van der Waals surface area contributed by atoms with Crippen LogP contribution >= 0.6 is 0 Å². The Bertz CT molecular complexity index is 5030. The van der Waals surface area contributed by atoms with E-state index in [0.717, 1.165) is 29.2 Å². The molecule has 2 aromatic heterocycles. The molecule has 5 saturated carbocycles. The Kier molecular flexibility index (Phi) is 7.37. The Hall–Kier alpha value is -7.73. The quantitative estimate of drug-likeness (QED) is 0.149. The molecule has 7 atom stereocenters. The lowest BCUT2D eigenvalue weighted by Crippen LogP contribution is -2.41. The fraction of sp³-hybridized carbons (Fsp3) is 0.257. The highest BCUT2D eigenvalue weighted by Gasteiger charge is 2.66. The van der Waals surface area contributed by atoms with Gasteiger partial charge in [0.05, 0.1) is 28.2 Å². The third kappa shape index (κ3) is 4.73. The van der Waals surface area contributed by atoms with Gasteiger partial charge >= 0.3 is 0 Å². The van der Waals surface area contributed by atoms with Crippen molar-refractivity contribution in [1.29, 1.82) is 5.26 Å². The molecule has 7 bridgehead atoms. The number of hydrogen-bond acceptors (Lipinski definition) is 1. The van der Waals surface area contributed by atoms with E-state index >= 15 is 0 Å². The molecular formula is C74H54N2. The molecule has 11 aromatic carbocycles. The minimum Gasteiger partial charge on any atom is -0.308 e. The van der Waals surface area contributed by atoms with E-state index in [4.69, 9.17) is 0 Å². The van der Waals surface area contributed by atoms with Crippen molar-refractivity contribution in [2.45, 2.75) is 87.9 Å². The summed E-state index contributed by atoms with van der Waals surface area (Å²) < 4.78 is 2.74. The number of fused-ring (bicyclic) bond motifs is 29. The lowest BCUT2D eigenvalue weighted by molar-refractivity contribution is 0.00322. The van der Waals surface area contributed by atoms with Crippen molar-refractivity contribution in [3.8, 4) is 6.07 Å². The maximum atomic E-state index is 11.5. The molecule has 0 aliphatic heterocycles. The molecule has 0 saturated heterocycles. The average molecular weight is 971 g/mol. The highest BCUT2D eigenvalue weighted by atomic mass is 14.9. The molecule has 13 aromatic rings. The molecule has 7 unspecified atom stereocenters. The molecule has 21 rings (SSSR count). The summed E-state index contributed by atoms with van der Waals surface area (Å²) in [4.78, 5) is 0. The Morgan fingerprint density at radius 1 is 0.355 bits per heavy atom. The van der Waals surface area contributed by atoms with Crippen LogP contribution in [0.5, 0.6) is 0 Å². The molecule has 2 heterocycles. The van der Waals surface area contributed by atoms with E-state index in [2.05, 4.69) is 168 Å². The zero-order valence-electron chi connectivity index (χ0n) is 42.6. The topological polar surface area (TPSA) is 28.2 Å². The van der Waals surface area contributed by atoms with E-state index < -0.39 is 0 Å². The molecule has 0 amide bonds. The molecule has 2 nitrogen and oxygen atoms in total. The zero-order chi connectivity index (χ0) is 49.0. The van der Waals surface area contributed by atoms with Crippen molar-refractivity contribution in [3.63, 3.8) is 0 Å². The smallest absolute Gasteiger partial charge is 0.0995 e. The van der Waals surface area contributed by atoms with Crippen LogP contribution in [0.1, 0.15) is 116 Å². The number of nitrogens with zero attached hydrogens (tertiary/aromatic N) is 2. The van der Waals surface area contributed by atoms with E-state index in [9.17, 15) is 5.26 Å². The van der Waals surface area contributed by atoms with Crippen LogP contribution in [0.15, 0.2) is 158 Å². The summed E-state index contributed by atoms with van der Waals surface area (Å²) in [5, 5.41) is 38.1. The molecule has 2 heteroatoms. The van der Waals surface area contributed by atoms with Crippen LogP contribution in [-0.2, 0) is 0 Å². The van der Waals surface area contributed by atoms with Crippen LogP contribution in [-0.4, -0.2) is 4.40 Å². The van der Waals surface area contributed by atoms with Gasteiger partial charge in [-0.1, -0.05) is 127 Å². The first-order valence-corrected chi connectivity index (χ1v) is 29.0. The maximum absolute atomic E-state index is 11.5. The molecular weight excluding hydrogens is 917 g/mol. The molecule has 1 spiro atoms. The predicted molar refractivity (Wildman–Crippen MR) is 317 cm³/mol. The molecule has 360 valence electrons. The summed E-state index contributed by atoms with van der Waals surface area (Å²) in [7, 11) is 0. The summed E-state index contributed by atoms with van der Waals surface area (Å²) in [6.45, 7) is 0. The largest absolute Gasteiger partial charge is 0.308 e. The average Bonchev–Trinajstić information content (AvgIpc) is 4.31. The number of rotatable bonds is 0. The second-order valence-corrected chi connectivity index (χ2v) is 25.7. The van der Waals surface area contributed by atoms with Gasteiger partial charge in [0.15, 0.2) is 0 Å². The fourth-order valence-electron chi connectivity index (χ4n) is 20.4. The third-order valence-corrected chi connectivity index (χ3v) is 22.8. The summed E-state index contributed by atoms with van der Waals surface area (Å²) in [6.07, 6.45) is 13.3. The summed E-state index contributed by atoms with van der Waals surface area (Å²) in [6, 6.07) is 64.8. The molecule has 0 radical (unpaired) electrons. The highest BCUT2D eigenvalue weighted by Crippen LogP contribution is 2.77. The second kappa shape index (κ2) is 13.8. The van der Waals surface area contributed by atoms with Crippen molar-refractivity contribution < 1.29 is 0 Å². The SMILES string of the molecule is N#Cc1cc2c(c3c1C1CC4CC5CC3CC45C1)c1c3c4ccccc4c4ccccc4c4cc5c6ccccc6c6ccccc6c6ccccc6c5cc4c3cc3c4c5c(ccc4n2c31)C1CC2CC(C1)CC5C2. The Morgan fingerprint density at radius 3 is 1.38 bits per heavy atom. The van der Waals surface area contributed by atoms with E-state index in [1.165, 1.54) is 194 Å². The van der Waals surface area contributed by atoms with Gasteiger partial charge in [-0.3, -0.25) is 0 Å². The maximum Gasteiger partial charge on any atom is 0.0995 e. The van der Waals surface area contributed by atoms with Crippen molar-refractivity contribution in [2.24, 2.45) is 29.1 Å². The van der Waals surface area contributed by atoms with Gasteiger partial charge in [0.1, 0.15) is 0 Å². The summed E-state index contributed by atoms with van der Waals surface area (Å²) >= 11 is 0. The number of nitriles is 1. The Balaban J connectivity index is 1.10. The zero-order valence-corrected chi connectivity index (χ0v) is 42.6. The van der Waals surface area contributed by atoms with Crippen LogP contribution < -0.4 is 0 Å². The number of hydrogen-bond donors (Lipinski definition) is 0. The first-order chi connectivity index (χ1) is 37.6. The van der Waals surface area contributed by atoms with Crippen molar-refractivity contribution in [2.75, 3.05) is 0 Å². The summed E-state index contributed by atoms with van der Waals surface area (Å²) in [5.74, 6) is 5.46. The third-order valence-electron chi connectivity index (χ3n) is 22.8. The molecule has 8 aliphatic rings. The van der Waals surface area contributed by atoms with Gasteiger partial charge < -0.3 is 4.40 Å². The molecule has 76 heavy (non-hydrogen) atoms. The Morgan fingerprint density at radius 2 is 0.829 bits per heavy atom. The first kappa shape index (κ1) is 40.6. The summed E-state index contributed by atoms with van der Waals surface area (Å²) in [5.41, 5.74) is 11.7. The van der Waals surface area contributed by atoms with Gasteiger partial charge in [0, 0.05) is 26.9 Å². The predicted octanol–water partition coefficient (Wildman–Crippen LogP) is 19.8. The van der Waals surface area contributed by atoms with Crippen LogP contribution in [0.4, 0.5) is 0 Å². The lowest BCUT2D eigenvalue weighted by Gasteiger charge is -2.48. The molecule has 8 aliphatic carbocycles. The van der Waals surface area contributed by atoms with Crippen LogP contribution in [0, 0.1) is 40.4 Å². The van der Waals surface area contributed by atoms with Crippen molar-refractivity contribution >= 4 is 124 Å².